The van der Waals surface area contributed by atoms with Crippen LogP contribution >= 0.6 is 34.4 Å². The van der Waals surface area contributed by atoms with Gasteiger partial charge in [-0.05, 0) is 79.4 Å². The number of ether oxygens (including phenoxy) is 1. The van der Waals surface area contributed by atoms with Gasteiger partial charge in [-0.2, -0.15) is 0 Å². The Bertz CT molecular complexity index is 1790. The van der Waals surface area contributed by atoms with Crippen molar-refractivity contribution in [2.24, 2.45) is 0 Å². The molecule has 0 bridgehead atoms. The number of thioether (sulfide) groups is 1. The highest BCUT2D eigenvalue weighted by molar-refractivity contribution is 8.00. The van der Waals surface area contributed by atoms with Gasteiger partial charge in [0.1, 0.15) is 11.4 Å². The molecule has 0 aliphatic carbocycles. The molecular formula is C34H30N4O4S3. The number of amides is 3. The van der Waals surface area contributed by atoms with E-state index in [0.717, 1.165) is 15.5 Å². The first-order valence-corrected chi connectivity index (χ1v) is 16.7. The summed E-state index contributed by atoms with van der Waals surface area (Å²) >= 11 is 4.34. The zero-order chi connectivity index (χ0) is 31.6. The van der Waals surface area contributed by atoms with Gasteiger partial charge in [-0.25, -0.2) is 4.98 Å². The van der Waals surface area contributed by atoms with Crippen LogP contribution in [0.3, 0.4) is 0 Å². The van der Waals surface area contributed by atoms with Crippen molar-refractivity contribution in [3.63, 3.8) is 0 Å². The van der Waals surface area contributed by atoms with Crippen LogP contribution in [0.4, 0.5) is 10.8 Å². The molecule has 0 radical (unpaired) electrons. The number of rotatable bonds is 12. The summed E-state index contributed by atoms with van der Waals surface area (Å²) in [6, 6.07) is 27.1. The lowest BCUT2D eigenvalue weighted by atomic mass is 10.1. The number of carbonyl (C=O) groups is 3. The van der Waals surface area contributed by atoms with Gasteiger partial charge in [0.15, 0.2) is 5.13 Å². The lowest BCUT2D eigenvalue weighted by Gasteiger charge is -2.14. The van der Waals surface area contributed by atoms with Crippen molar-refractivity contribution in [1.29, 1.82) is 0 Å². The molecule has 11 heteroatoms. The van der Waals surface area contributed by atoms with Crippen molar-refractivity contribution in [2.75, 3.05) is 17.2 Å². The predicted octanol–water partition coefficient (Wildman–Crippen LogP) is 7.80. The van der Waals surface area contributed by atoms with Gasteiger partial charge in [0.2, 0.25) is 5.91 Å². The molecule has 1 atom stereocenters. The third-order valence-electron chi connectivity index (χ3n) is 6.31. The first kappa shape index (κ1) is 31.7. The van der Waals surface area contributed by atoms with Crippen LogP contribution in [0.1, 0.15) is 29.8 Å². The maximum atomic E-state index is 13.5. The Balaban J connectivity index is 1.26. The summed E-state index contributed by atoms with van der Waals surface area (Å²) < 4.78 is 5.51. The van der Waals surface area contributed by atoms with Crippen molar-refractivity contribution in [3.8, 4) is 16.3 Å². The highest BCUT2D eigenvalue weighted by atomic mass is 32.2. The summed E-state index contributed by atoms with van der Waals surface area (Å²) in [6.45, 7) is 4.26. The number of benzene rings is 3. The third kappa shape index (κ3) is 8.91. The quantitative estimate of drug-likeness (QED) is 0.0936. The topological polar surface area (TPSA) is 109 Å². The summed E-state index contributed by atoms with van der Waals surface area (Å²) in [5.74, 6) is -0.368. The number of anilines is 2. The number of hydrogen-bond acceptors (Lipinski definition) is 8. The van der Waals surface area contributed by atoms with Crippen LogP contribution in [-0.2, 0) is 9.59 Å². The lowest BCUT2D eigenvalue weighted by Crippen LogP contribution is -2.30. The Morgan fingerprint density at radius 2 is 1.73 bits per heavy atom. The fraction of sp³-hybridized carbons (Fsp3) is 0.118. The standard InChI is InChI=1S/C34H30N4O4S3/c1-3-42-26-16-14-23(15-17-26)19-28(36-32(40)24-9-5-4-6-10-24)33(41)35-25-11-7-12-27(20-25)45-22(2)31(39)38-34-37-29(21-44-34)30-13-8-18-43-30/h4-22H,3H2,1-2H3,(H,35,41)(H,36,40)(H,37,38,39)/b28-19+. The maximum absolute atomic E-state index is 13.5. The summed E-state index contributed by atoms with van der Waals surface area (Å²) in [7, 11) is 0. The van der Waals surface area contributed by atoms with Crippen LogP contribution in [0.15, 0.2) is 112 Å². The molecule has 3 N–H and O–H groups in total. The molecule has 1 unspecified atom stereocenters. The molecule has 228 valence electrons. The predicted molar refractivity (Wildman–Crippen MR) is 184 cm³/mol. The second-order valence-electron chi connectivity index (χ2n) is 9.63. The van der Waals surface area contributed by atoms with Crippen LogP contribution in [0, 0.1) is 0 Å². The zero-order valence-electron chi connectivity index (χ0n) is 24.5. The first-order chi connectivity index (χ1) is 21.9. The second kappa shape index (κ2) is 15.3. The number of carbonyl (C=O) groups excluding carboxylic acids is 3. The van der Waals surface area contributed by atoms with Gasteiger partial charge in [0.25, 0.3) is 11.8 Å². The van der Waals surface area contributed by atoms with Crippen LogP contribution in [-0.4, -0.2) is 34.6 Å². The molecule has 2 heterocycles. The molecule has 0 saturated heterocycles. The lowest BCUT2D eigenvalue weighted by molar-refractivity contribution is -0.115. The molecule has 3 aromatic carbocycles. The number of hydrogen-bond donors (Lipinski definition) is 3. The van der Waals surface area contributed by atoms with Gasteiger partial charge in [-0.3, -0.25) is 14.4 Å². The molecule has 0 fully saturated rings. The van der Waals surface area contributed by atoms with E-state index < -0.39 is 17.1 Å². The molecule has 8 nitrogen and oxygen atoms in total. The SMILES string of the molecule is CCOc1ccc(/C=C(/NC(=O)c2ccccc2)C(=O)Nc2cccc(SC(C)C(=O)Nc3nc(-c4cccs4)cs3)c2)cc1. The van der Waals surface area contributed by atoms with Crippen molar-refractivity contribution in [3.05, 3.63) is 119 Å². The molecule has 3 amide bonds. The molecule has 0 spiro atoms. The summed E-state index contributed by atoms with van der Waals surface area (Å²) in [6.07, 6.45) is 1.61. The number of thiophene rings is 1. The zero-order valence-corrected chi connectivity index (χ0v) is 26.9. The van der Waals surface area contributed by atoms with E-state index in [0.29, 0.717) is 34.3 Å². The van der Waals surface area contributed by atoms with E-state index in [-0.39, 0.29) is 11.6 Å². The highest BCUT2D eigenvalue weighted by Gasteiger charge is 2.18. The van der Waals surface area contributed by atoms with Crippen LogP contribution in [0.2, 0.25) is 0 Å². The number of thiazole rings is 1. The van der Waals surface area contributed by atoms with E-state index in [2.05, 4.69) is 20.9 Å². The van der Waals surface area contributed by atoms with Gasteiger partial charge < -0.3 is 20.7 Å². The Labute approximate surface area is 273 Å². The van der Waals surface area contributed by atoms with Crippen molar-refractivity contribution in [2.45, 2.75) is 24.0 Å². The third-order valence-corrected chi connectivity index (χ3v) is 9.06. The minimum Gasteiger partial charge on any atom is -0.494 e. The fourth-order valence-corrected chi connectivity index (χ4v) is 6.52. The maximum Gasteiger partial charge on any atom is 0.272 e. The highest BCUT2D eigenvalue weighted by Crippen LogP contribution is 2.30. The van der Waals surface area contributed by atoms with Gasteiger partial charge in [-0.1, -0.05) is 42.5 Å². The first-order valence-electron chi connectivity index (χ1n) is 14.1. The van der Waals surface area contributed by atoms with E-state index in [4.69, 9.17) is 4.74 Å². The van der Waals surface area contributed by atoms with Gasteiger partial charge in [0, 0.05) is 21.5 Å². The van der Waals surface area contributed by atoms with E-state index in [1.807, 2.05) is 61.0 Å². The van der Waals surface area contributed by atoms with Gasteiger partial charge in [0.05, 0.1) is 22.4 Å². The Morgan fingerprint density at radius 3 is 2.47 bits per heavy atom. The van der Waals surface area contributed by atoms with Crippen molar-refractivity contribution in [1.82, 2.24) is 10.3 Å². The number of nitrogens with one attached hydrogen (secondary N) is 3. The number of aromatic nitrogens is 1. The largest absolute Gasteiger partial charge is 0.494 e. The molecule has 0 aliphatic heterocycles. The fourth-order valence-electron chi connectivity index (χ4n) is 4.11. The summed E-state index contributed by atoms with van der Waals surface area (Å²) in [5.41, 5.74) is 2.57. The van der Waals surface area contributed by atoms with E-state index >= 15 is 0 Å². The van der Waals surface area contributed by atoms with E-state index in [1.54, 1.807) is 72.0 Å². The number of nitrogens with zero attached hydrogens (tertiary/aromatic N) is 1. The molecule has 2 aromatic heterocycles. The second-order valence-corrected chi connectivity index (χ2v) is 12.8. The Morgan fingerprint density at radius 1 is 0.933 bits per heavy atom. The molecule has 0 aliphatic rings. The Hall–Kier alpha value is -4.71. The van der Waals surface area contributed by atoms with Crippen LogP contribution in [0.5, 0.6) is 5.75 Å². The average molecular weight is 655 g/mol. The summed E-state index contributed by atoms with van der Waals surface area (Å²) in [5, 5.41) is 12.6. The smallest absolute Gasteiger partial charge is 0.272 e. The molecule has 0 saturated carbocycles. The van der Waals surface area contributed by atoms with Crippen molar-refractivity contribution >= 4 is 69.1 Å². The van der Waals surface area contributed by atoms with Crippen LogP contribution in [0.25, 0.3) is 16.6 Å². The van der Waals surface area contributed by atoms with Gasteiger partial charge >= 0.3 is 0 Å². The molecular weight excluding hydrogens is 625 g/mol. The molecule has 45 heavy (non-hydrogen) atoms. The van der Waals surface area contributed by atoms with Crippen LogP contribution < -0.4 is 20.7 Å². The molecule has 5 aromatic rings. The average Bonchev–Trinajstić information content (AvgIpc) is 3.75. The minimum absolute atomic E-state index is 0.0733. The molecule has 5 rings (SSSR count). The Kier molecular flexibility index (Phi) is 10.8. The monoisotopic (exact) mass is 654 g/mol. The van der Waals surface area contributed by atoms with E-state index in [9.17, 15) is 14.4 Å². The minimum atomic E-state index is -0.494. The van der Waals surface area contributed by atoms with E-state index in [1.165, 1.54) is 23.1 Å². The van der Waals surface area contributed by atoms with Crippen molar-refractivity contribution < 1.29 is 19.1 Å². The normalized spacial score (nSPS) is 11.8. The summed E-state index contributed by atoms with van der Waals surface area (Å²) in [4.78, 5) is 45.8. The van der Waals surface area contributed by atoms with Gasteiger partial charge in [-0.15, -0.1) is 34.4 Å².